The number of fused-ring (bicyclic) bond motifs is 4. The molecule has 0 saturated carbocycles. The number of ether oxygens (including phenoxy) is 1. The summed E-state index contributed by atoms with van der Waals surface area (Å²) < 4.78 is 7.27. The third-order valence-corrected chi connectivity index (χ3v) is 4.62. The molecule has 0 aliphatic carbocycles. The van der Waals surface area contributed by atoms with Crippen molar-refractivity contribution in [2.75, 3.05) is 25.1 Å². The van der Waals surface area contributed by atoms with Crippen molar-refractivity contribution in [2.24, 2.45) is 5.92 Å². The quantitative estimate of drug-likeness (QED) is 0.835. The van der Waals surface area contributed by atoms with Gasteiger partial charge in [0.05, 0.1) is 7.11 Å². The van der Waals surface area contributed by atoms with E-state index in [1.54, 1.807) is 25.6 Å². The van der Waals surface area contributed by atoms with Crippen LogP contribution in [-0.2, 0) is 6.54 Å². The van der Waals surface area contributed by atoms with E-state index in [1.807, 2.05) is 10.6 Å². The van der Waals surface area contributed by atoms with Crippen molar-refractivity contribution in [1.29, 1.82) is 0 Å². The Morgan fingerprint density at radius 2 is 2.05 bits per heavy atom. The molecule has 0 spiro atoms. The van der Waals surface area contributed by atoms with E-state index < -0.39 is 0 Å². The van der Waals surface area contributed by atoms with Gasteiger partial charge in [0, 0.05) is 49.7 Å². The van der Waals surface area contributed by atoms with Crippen LogP contribution in [-0.4, -0.2) is 34.7 Å². The van der Waals surface area contributed by atoms with E-state index in [2.05, 4.69) is 20.9 Å². The molecular weight excluding hydrogens is 280 g/mol. The van der Waals surface area contributed by atoms with Gasteiger partial charge in [0.25, 0.3) is 11.4 Å². The summed E-state index contributed by atoms with van der Waals surface area (Å²) >= 11 is 0. The number of hydrogen-bond acceptors (Lipinski definition) is 5. The maximum Gasteiger partial charge on any atom is 0.257 e. The Morgan fingerprint density at radius 3 is 2.91 bits per heavy atom. The van der Waals surface area contributed by atoms with Gasteiger partial charge in [-0.05, 0) is 18.4 Å². The van der Waals surface area contributed by atoms with E-state index in [4.69, 9.17) is 4.74 Å². The minimum absolute atomic E-state index is 0.109. The fourth-order valence-corrected chi connectivity index (χ4v) is 3.75. The molecule has 2 atom stereocenters. The first-order valence-corrected chi connectivity index (χ1v) is 7.56. The van der Waals surface area contributed by atoms with Crippen molar-refractivity contribution in [3.8, 4) is 5.88 Å². The summed E-state index contributed by atoms with van der Waals surface area (Å²) in [6, 6.07) is 5.57. The number of hydrogen-bond donors (Lipinski definition) is 0. The second-order valence-corrected chi connectivity index (χ2v) is 5.99. The maximum atomic E-state index is 12.1. The molecule has 2 unspecified atom stereocenters. The van der Waals surface area contributed by atoms with Crippen LogP contribution in [0.2, 0.25) is 0 Å². The van der Waals surface area contributed by atoms with Gasteiger partial charge in [-0.1, -0.05) is 6.07 Å². The number of aromatic nitrogens is 3. The van der Waals surface area contributed by atoms with Crippen molar-refractivity contribution < 1.29 is 4.74 Å². The predicted molar refractivity (Wildman–Crippen MR) is 82.3 cm³/mol. The first-order valence-electron chi connectivity index (χ1n) is 7.56. The smallest absolute Gasteiger partial charge is 0.257 e. The lowest BCUT2D eigenvalue weighted by molar-refractivity contribution is 0.278. The summed E-state index contributed by atoms with van der Waals surface area (Å²) in [5.74, 6) is 2.17. The van der Waals surface area contributed by atoms with Crippen LogP contribution in [0.5, 0.6) is 5.88 Å². The first-order chi connectivity index (χ1) is 10.8. The molecule has 0 radical (unpaired) electrons. The van der Waals surface area contributed by atoms with Crippen molar-refractivity contribution in [1.82, 2.24) is 14.5 Å². The van der Waals surface area contributed by atoms with Crippen LogP contribution in [0.3, 0.4) is 0 Å². The molecule has 1 saturated heterocycles. The SMILES string of the molecule is COc1nccnc1N1CC2CC(C1)c1cccc(=O)n1C2. The Kier molecular flexibility index (Phi) is 3.10. The van der Waals surface area contributed by atoms with Crippen molar-refractivity contribution in [3.63, 3.8) is 0 Å². The Morgan fingerprint density at radius 1 is 1.18 bits per heavy atom. The molecule has 2 aliphatic rings. The second kappa shape index (κ2) is 5.12. The van der Waals surface area contributed by atoms with Crippen LogP contribution in [0.25, 0.3) is 0 Å². The zero-order valence-corrected chi connectivity index (χ0v) is 12.5. The van der Waals surface area contributed by atoms with Crippen LogP contribution < -0.4 is 15.2 Å². The number of anilines is 1. The van der Waals surface area contributed by atoms with E-state index >= 15 is 0 Å². The minimum atomic E-state index is 0.109. The van der Waals surface area contributed by atoms with Crippen LogP contribution in [0, 0.1) is 5.92 Å². The molecule has 0 N–H and O–H groups in total. The number of rotatable bonds is 2. The summed E-state index contributed by atoms with van der Waals surface area (Å²) in [7, 11) is 1.62. The number of piperidine rings is 1. The van der Waals surface area contributed by atoms with Crippen LogP contribution in [0.4, 0.5) is 5.82 Å². The molecular formula is C16H18N4O2. The van der Waals surface area contributed by atoms with Gasteiger partial charge in [0.1, 0.15) is 0 Å². The molecule has 2 aromatic rings. The molecule has 2 bridgehead atoms. The minimum Gasteiger partial charge on any atom is -0.478 e. The monoisotopic (exact) mass is 298 g/mol. The molecule has 22 heavy (non-hydrogen) atoms. The molecule has 0 aromatic carbocycles. The van der Waals surface area contributed by atoms with Crippen LogP contribution in [0.1, 0.15) is 18.0 Å². The number of nitrogens with zero attached hydrogens (tertiary/aromatic N) is 4. The van der Waals surface area contributed by atoms with Gasteiger partial charge in [-0.25, -0.2) is 9.97 Å². The third-order valence-electron chi connectivity index (χ3n) is 4.62. The normalized spacial score (nSPS) is 23.0. The van der Waals surface area contributed by atoms with E-state index in [1.165, 1.54) is 0 Å². The second-order valence-electron chi connectivity index (χ2n) is 5.99. The van der Waals surface area contributed by atoms with Gasteiger partial charge >= 0.3 is 0 Å². The predicted octanol–water partition coefficient (Wildman–Crippen LogP) is 1.27. The molecule has 4 heterocycles. The van der Waals surface area contributed by atoms with Crippen molar-refractivity contribution in [3.05, 3.63) is 46.6 Å². The average Bonchev–Trinajstić information content (AvgIpc) is 2.56. The molecule has 0 amide bonds. The Labute approximate surface area is 128 Å². The van der Waals surface area contributed by atoms with Gasteiger partial charge in [0.2, 0.25) is 0 Å². The molecule has 4 rings (SSSR count). The Hall–Kier alpha value is -2.37. The van der Waals surface area contributed by atoms with E-state index in [0.29, 0.717) is 17.7 Å². The lowest BCUT2D eigenvalue weighted by Gasteiger charge is -2.43. The van der Waals surface area contributed by atoms with Crippen LogP contribution in [0.15, 0.2) is 35.4 Å². The summed E-state index contributed by atoms with van der Waals surface area (Å²) in [6.07, 6.45) is 4.46. The highest BCUT2D eigenvalue weighted by atomic mass is 16.5. The summed E-state index contributed by atoms with van der Waals surface area (Å²) in [5, 5.41) is 0. The molecule has 6 heteroatoms. The third kappa shape index (κ3) is 2.06. The van der Waals surface area contributed by atoms with Crippen molar-refractivity contribution >= 4 is 5.82 Å². The summed E-state index contributed by atoms with van der Waals surface area (Å²) in [4.78, 5) is 23.0. The van der Waals surface area contributed by atoms with Gasteiger partial charge in [-0.3, -0.25) is 4.79 Å². The highest BCUT2D eigenvalue weighted by Crippen LogP contribution is 2.37. The van der Waals surface area contributed by atoms with Gasteiger partial charge in [-0.2, -0.15) is 0 Å². The highest BCUT2D eigenvalue weighted by molar-refractivity contribution is 5.49. The van der Waals surface area contributed by atoms with Gasteiger partial charge < -0.3 is 14.2 Å². The fourth-order valence-electron chi connectivity index (χ4n) is 3.75. The number of methoxy groups -OCH3 is 1. The van der Waals surface area contributed by atoms with Gasteiger partial charge in [0.15, 0.2) is 5.82 Å². The molecule has 2 aromatic heterocycles. The molecule has 2 aliphatic heterocycles. The lowest BCUT2D eigenvalue weighted by Crippen LogP contribution is -2.47. The zero-order valence-electron chi connectivity index (χ0n) is 12.5. The molecule has 114 valence electrons. The zero-order chi connectivity index (χ0) is 15.1. The van der Waals surface area contributed by atoms with E-state index in [-0.39, 0.29) is 5.56 Å². The lowest BCUT2D eigenvalue weighted by atomic mass is 9.83. The van der Waals surface area contributed by atoms with Gasteiger partial charge in [-0.15, -0.1) is 0 Å². The standard InChI is InChI=1S/C16H18N4O2/c1-22-16-15(17-5-6-18-16)19-8-11-7-12(10-19)13-3-2-4-14(21)20(13)9-11/h2-6,11-12H,7-10H2,1H3. The Bertz CT molecular complexity index is 758. The highest BCUT2D eigenvalue weighted by Gasteiger charge is 2.35. The first kappa shape index (κ1) is 13.3. The van der Waals surface area contributed by atoms with E-state index in [0.717, 1.165) is 37.6 Å². The Balaban J connectivity index is 1.70. The fraction of sp³-hybridized carbons (Fsp3) is 0.438. The summed E-state index contributed by atoms with van der Waals surface area (Å²) in [5.41, 5.74) is 1.24. The summed E-state index contributed by atoms with van der Waals surface area (Å²) in [6.45, 7) is 2.51. The van der Waals surface area contributed by atoms with E-state index in [9.17, 15) is 4.79 Å². The van der Waals surface area contributed by atoms with Crippen LogP contribution >= 0.6 is 0 Å². The molecule has 6 nitrogen and oxygen atoms in total. The van der Waals surface area contributed by atoms with Crippen molar-refractivity contribution in [2.45, 2.75) is 18.9 Å². The average molecular weight is 298 g/mol. The largest absolute Gasteiger partial charge is 0.478 e. The molecule has 1 fully saturated rings. The maximum absolute atomic E-state index is 12.1. The topological polar surface area (TPSA) is 60.3 Å². The number of pyridine rings is 1.